The van der Waals surface area contributed by atoms with Crippen LogP contribution in [-0.4, -0.2) is 59.5 Å². The lowest BCUT2D eigenvalue weighted by Gasteiger charge is -2.26. The molecule has 13 heteroatoms. The van der Waals surface area contributed by atoms with Crippen LogP contribution < -0.4 is 16.4 Å². The Kier molecular flexibility index (Phi) is 11.3. The minimum absolute atomic E-state index is 0.0568. The van der Waals surface area contributed by atoms with Gasteiger partial charge in [-0.3, -0.25) is 14.4 Å². The lowest BCUT2D eigenvalue weighted by atomic mass is 9.98. The predicted octanol–water partition coefficient (Wildman–Crippen LogP) is 4.62. The van der Waals surface area contributed by atoms with Crippen molar-refractivity contribution in [1.29, 1.82) is 0 Å². The van der Waals surface area contributed by atoms with Crippen molar-refractivity contribution in [2.45, 2.75) is 65.0 Å². The standard InChI is InChI=1S/C30H38N6O7/c1-5-42-28(40)24-17-19(27(39)36(24)29(41)43-30(2,3)4)7-6-8-25(37)32-18-26(38)33-21-13-15-23(16-14-21)35-34-22-11-9-20(31)10-12-22/h9-16,19,24H,5-8,17-18,31H2,1-4H3,(H,32,37)(H,33,38). The van der Waals surface area contributed by atoms with Gasteiger partial charge in [0.15, 0.2) is 0 Å². The zero-order valence-corrected chi connectivity index (χ0v) is 24.8. The molecule has 1 aliphatic heterocycles. The number of nitrogen functional groups attached to an aromatic ring is 1. The van der Waals surface area contributed by atoms with Crippen molar-refractivity contribution < 1.29 is 33.4 Å². The molecule has 4 amide bonds. The molecule has 1 saturated heterocycles. The topological polar surface area (TPSA) is 182 Å². The number of rotatable bonds is 11. The molecule has 0 spiro atoms. The van der Waals surface area contributed by atoms with E-state index in [1.165, 1.54) is 0 Å². The van der Waals surface area contributed by atoms with Gasteiger partial charge < -0.3 is 25.8 Å². The molecule has 0 saturated carbocycles. The van der Waals surface area contributed by atoms with Gasteiger partial charge in [-0.2, -0.15) is 10.2 Å². The number of nitrogens with zero attached hydrogens (tertiary/aromatic N) is 3. The molecule has 1 fully saturated rings. The van der Waals surface area contributed by atoms with Crippen LogP contribution in [0.4, 0.5) is 27.5 Å². The van der Waals surface area contributed by atoms with E-state index in [0.717, 1.165) is 4.90 Å². The number of amides is 4. The van der Waals surface area contributed by atoms with Gasteiger partial charge in [0.25, 0.3) is 0 Å². The first kappa shape index (κ1) is 32.7. The number of nitrogens with two attached hydrogens (primary N) is 1. The van der Waals surface area contributed by atoms with E-state index >= 15 is 0 Å². The van der Waals surface area contributed by atoms with E-state index < -0.39 is 41.4 Å². The summed E-state index contributed by atoms with van der Waals surface area (Å²) in [5.41, 5.74) is 7.20. The van der Waals surface area contributed by atoms with Crippen molar-refractivity contribution in [3.8, 4) is 0 Å². The lowest BCUT2D eigenvalue weighted by Crippen LogP contribution is -2.46. The fraction of sp³-hybridized carbons (Fsp3) is 0.433. The van der Waals surface area contributed by atoms with E-state index in [1.807, 2.05) is 0 Å². The fourth-order valence-electron chi connectivity index (χ4n) is 4.29. The van der Waals surface area contributed by atoms with Crippen LogP contribution in [0.15, 0.2) is 58.8 Å². The molecule has 0 aliphatic carbocycles. The van der Waals surface area contributed by atoms with Crippen LogP contribution in [0.2, 0.25) is 0 Å². The maximum atomic E-state index is 13.0. The van der Waals surface area contributed by atoms with Crippen LogP contribution in [0.3, 0.4) is 0 Å². The number of carbonyl (C=O) groups excluding carboxylic acids is 5. The monoisotopic (exact) mass is 594 g/mol. The Morgan fingerprint density at radius 2 is 1.58 bits per heavy atom. The molecule has 43 heavy (non-hydrogen) atoms. The third-order valence-electron chi connectivity index (χ3n) is 6.28. The minimum atomic E-state index is -1.08. The lowest BCUT2D eigenvalue weighted by molar-refractivity contribution is -0.151. The van der Waals surface area contributed by atoms with Crippen molar-refractivity contribution in [3.05, 3.63) is 48.5 Å². The Labute approximate surface area is 250 Å². The second-order valence-corrected chi connectivity index (χ2v) is 10.9. The Morgan fingerprint density at radius 1 is 0.977 bits per heavy atom. The highest BCUT2D eigenvalue weighted by atomic mass is 16.6. The summed E-state index contributed by atoms with van der Waals surface area (Å²) in [4.78, 5) is 63.6. The number of benzene rings is 2. The van der Waals surface area contributed by atoms with Crippen molar-refractivity contribution in [2.75, 3.05) is 24.2 Å². The first-order valence-corrected chi connectivity index (χ1v) is 14.0. The number of hydrogen-bond acceptors (Lipinski definition) is 10. The normalized spacial score (nSPS) is 16.7. The fourth-order valence-corrected chi connectivity index (χ4v) is 4.29. The number of hydrogen-bond donors (Lipinski definition) is 3. The summed E-state index contributed by atoms with van der Waals surface area (Å²) in [6, 6.07) is 12.6. The molecule has 4 N–H and O–H groups in total. The summed E-state index contributed by atoms with van der Waals surface area (Å²) >= 11 is 0. The summed E-state index contributed by atoms with van der Waals surface area (Å²) in [6.07, 6.45) is -0.174. The highest BCUT2D eigenvalue weighted by Crippen LogP contribution is 2.31. The Balaban J connectivity index is 1.42. The number of likely N-dealkylation sites (tertiary alicyclic amines) is 1. The molecule has 0 radical (unpaired) electrons. The highest BCUT2D eigenvalue weighted by molar-refractivity contribution is 6.00. The summed E-state index contributed by atoms with van der Waals surface area (Å²) in [6.45, 7) is 6.49. The van der Waals surface area contributed by atoms with Crippen molar-refractivity contribution in [1.82, 2.24) is 10.2 Å². The SMILES string of the molecule is CCOC(=O)C1CC(CCCC(=O)NCC(=O)Nc2ccc(N=Nc3ccc(N)cc3)cc2)C(=O)N1C(=O)OC(C)(C)C. The van der Waals surface area contributed by atoms with Crippen LogP contribution in [-0.2, 0) is 28.7 Å². The van der Waals surface area contributed by atoms with Gasteiger partial charge in [-0.25, -0.2) is 14.5 Å². The number of nitrogens with one attached hydrogen (secondary N) is 2. The van der Waals surface area contributed by atoms with E-state index in [9.17, 15) is 24.0 Å². The maximum absolute atomic E-state index is 13.0. The minimum Gasteiger partial charge on any atom is -0.464 e. The molecule has 1 aliphatic rings. The molecule has 0 bridgehead atoms. The van der Waals surface area contributed by atoms with Crippen molar-refractivity contribution >= 4 is 52.5 Å². The molecule has 13 nitrogen and oxygen atoms in total. The van der Waals surface area contributed by atoms with Gasteiger partial charge in [0.2, 0.25) is 17.7 Å². The number of imide groups is 1. The second-order valence-electron chi connectivity index (χ2n) is 10.9. The van der Waals surface area contributed by atoms with Gasteiger partial charge in [0.1, 0.15) is 11.6 Å². The number of carbonyl (C=O) groups is 5. The Bertz CT molecular complexity index is 1340. The second kappa shape index (κ2) is 14.9. The van der Waals surface area contributed by atoms with E-state index in [-0.39, 0.29) is 38.3 Å². The van der Waals surface area contributed by atoms with E-state index in [2.05, 4.69) is 20.9 Å². The number of ether oxygens (including phenoxy) is 2. The number of azo groups is 1. The van der Waals surface area contributed by atoms with Crippen molar-refractivity contribution in [2.24, 2.45) is 16.1 Å². The van der Waals surface area contributed by atoms with Crippen LogP contribution >= 0.6 is 0 Å². The molecular formula is C30H38N6O7. The molecule has 3 rings (SSSR count). The zero-order valence-electron chi connectivity index (χ0n) is 24.8. The summed E-state index contributed by atoms with van der Waals surface area (Å²) < 4.78 is 10.4. The molecule has 1 heterocycles. The molecule has 2 unspecified atom stereocenters. The Morgan fingerprint density at radius 3 is 2.16 bits per heavy atom. The highest BCUT2D eigenvalue weighted by Gasteiger charge is 2.48. The quantitative estimate of drug-likeness (QED) is 0.191. The average molecular weight is 595 g/mol. The van der Waals surface area contributed by atoms with E-state index in [1.54, 1.807) is 76.2 Å². The zero-order chi connectivity index (χ0) is 31.6. The van der Waals surface area contributed by atoms with Gasteiger partial charge in [-0.05, 0) is 95.5 Å². The molecule has 0 aromatic heterocycles. The summed E-state index contributed by atoms with van der Waals surface area (Å²) in [5, 5.41) is 13.5. The molecule has 2 aromatic rings. The maximum Gasteiger partial charge on any atom is 0.417 e. The molecule has 230 valence electrons. The largest absolute Gasteiger partial charge is 0.464 e. The average Bonchev–Trinajstić information content (AvgIpc) is 3.28. The first-order valence-electron chi connectivity index (χ1n) is 14.0. The third kappa shape index (κ3) is 10.2. The predicted molar refractivity (Wildman–Crippen MR) is 159 cm³/mol. The van der Waals surface area contributed by atoms with E-state index in [0.29, 0.717) is 29.2 Å². The van der Waals surface area contributed by atoms with Gasteiger partial charge in [-0.15, -0.1) is 0 Å². The van der Waals surface area contributed by atoms with Crippen LogP contribution in [0.1, 0.15) is 53.4 Å². The van der Waals surface area contributed by atoms with Crippen molar-refractivity contribution in [3.63, 3.8) is 0 Å². The van der Waals surface area contributed by atoms with Gasteiger partial charge in [0, 0.05) is 23.7 Å². The number of anilines is 2. The Hall–Kier alpha value is -4.81. The smallest absolute Gasteiger partial charge is 0.417 e. The van der Waals surface area contributed by atoms with Gasteiger partial charge in [-0.1, -0.05) is 0 Å². The molecule has 2 atom stereocenters. The first-order chi connectivity index (χ1) is 20.4. The summed E-state index contributed by atoms with van der Waals surface area (Å²) in [7, 11) is 0. The summed E-state index contributed by atoms with van der Waals surface area (Å²) in [5.74, 6) is -2.65. The van der Waals surface area contributed by atoms with Crippen LogP contribution in [0.25, 0.3) is 0 Å². The van der Waals surface area contributed by atoms with Crippen LogP contribution in [0, 0.1) is 5.92 Å². The van der Waals surface area contributed by atoms with Gasteiger partial charge in [0.05, 0.1) is 24.5 Å². The third-order valence-corrected chi connectivity index (χ3v) is 6.28. The van der Waals surface area contributed by atoms with E-state index in [4.69, 9.17) is 15.2 Å². The number of esters is 1. The molecular weight excluding hydrogens is 556 g/mol. The molecule has 2 aromatic carbocycles. The van der Waals surface area contributed by atoms with Gasteiger partial charge >= 0.3 is 12.1 Å². The van der Waals surface area contributed by atoms with Crippen LogP contribution in [0.5, 0.6) is 0 Å².